The quantitative estimate of drug-likeness (QED) is 0.635. The third kappa shape index (κ3) is 3.80. The van der Waals surface area contributed by atoms with Crippen molar-refractivity contribution in [3.8, 4) is 0 Å². The van der Waals surface area contributed by atoms with E-state index >= 15 is 0 Å². The van der Waals surface area contributed by atoms with Crippen LogP contribution in [-0.2, 0) is 14.4 Å². The van der Waals surface area contributed by atoms with Gasteiger partial charge in [0.2, 0.25) is 0 Å². The van der Waals surface area contributed by atoms with Crippen molar-refractivity contribution in [1.82, 2.24) is 0 Å². The zero-order valence-corrected chi connectivity index (χ0v) is 20.7. The number of carboxylic acids is 1. The molecule has 0 bridgehead atoms. The zero-order valence-electron chi connectivity index (χ0n) is 18.7. The molecule has 156 valence electrons. The topological polar surface area (TPSA) is 74.3 Å². The number of carboxylic acid groups (broad SMARTS) is 1. The molecule has 0 saturated heterocycles. The molecule has 0 aliphatic heterocycles. The third-order valence-corrected chi connectivity index (χ3v) is 9.84. The van der Waals surface area contributed by atoms with Gasteiger partial charge in [0.15, 0.2) is 0 Å². The summed E-state index contributed by atoms with van der Waals surface area (Å²) < 4.78 is 0. The first-order chi connectivity index (χ1) is 13.2. The molecule has 0 aromatic carbocycles. The Balaban J connectivity index is 0.00000240. The SMILES string of the molecule is C[C@H](CCC(=O)[O-])[C@H]1CCC2C3CC(=O)[C@@H]4CC(=O)CC[C@]4(C)C3CC[C@@]21C.[Na+]. The number of hydrogen-bond acceptors (Lipinski definition) is 4. The summed E-state index contributed by atoms with van der Waals surface area (Å²) >= 11 is 0. The van der Waals surface area contributed by atoms with Crippen LogP contribution in [0.3, 0.4) is 0 Å². The van der Waals surface area contributed by atoms with E-state index in [0.29, 0.717) is 61.1 Å². The van der Waals surface area contributed by atoms with Gasteiger partial charge in [-0.2, -0.15) is 0 Å². The van der Waals surface area contributed by atoms with Crippen molar-refractivity contribution in [2.45, 2.75) is 85.0 Å². The Hall–Kier alpha value is -0.190. The molecule has 4 fully saturated rings. The molecule has 0 aromatic heterocycles. The predicted molar refractivity (Wildman–Crippen MR) is 104 cm³/mol. The Labute approximate surface area is 197 Å². The van der Waals surface area contributed by atoms with Crippen LogP contribution in [0.2, 0.25) is 0 Å². The number of rotatable bonds is 4. The summed E-state index contributed by atoms with van der Waals surface area (Å²) in [5.74, 6) is 2.16. The fourth-order valence-electron chi connectivity index (χ4n) is 8.36. The van der Waals surface area contributed by atoms with Gasteiger partial charge in [-0.1, -0.05) is 20.8 Å². The molecule has 4 saturated carbocycles. The summed E-state index contributed by atoms with van der Waals surface area (Å²) in [6.07, 6.45) is 8.20. The van der Waals surface area contributed by atoms with Crippen molar-refractivity contribution in [3.63, 3.8) is 0 Å². The van der Waals surface area contributed by atoms with Crippen LogP contribution in [-0.4, -0.2) is 17.5 Å². The Morgan fingerprint density at radius 3 is 2.45 bits per heavy atom. The van der Waals surface area contributed by atoms with E-state index in [9.17, 15) is 19.5 Å². The van der Waals surface area contributed by atoms with E-state index in [-0.39, 0.29) is 58.5 Å². The minimum atomic E-state index is -0.945. The van der Waals surface area contributed by atoms with Gasteiger partial charge in [0.1, 0.15) is 11.6 Å². The average molecular weight is 411 g/mol. The summed E-state index contributed by atoms with van der Waals surface area (Å²) in [4.78, 5) is 36.0. The summed E-state index contributed by atoms with van der Waals surface area (Å²) in [6, 6.07) is 0. The maximum absolute atomic E-state index is 13.1. The van der Waals surface area contributed by atoms with E-state index in [0.717, 1.165) is 19.3 Å². The molecule has 5 heteroatoms. The first kappa shape index (κ1) is 23.5. The summed E-state index contributed by atoms with van der Waals surface area (Å²) in [7, 11) is 0. The Morgan fingerprint density at radius 1 is 1.07 bits per heavy atom. The van der Waals surface area contributed by atoms with Gasteiger partial charge < -0.3 is 9.90 Å². The van der Waals surface area contributed by atoms with Crippen molar-refractivity contribution in [3.05, 3.63) is 0 Å². The van der Waals surface area contributed by atoms with Gasteiger partial charge in [-0.3, -0.25) is 9.59 Å². The van der Waals surface area contributed by atoms with Gasteiger partial charge in [0, 0.05) is 31.1 Å². The summed E-state index contributed by atoms with van der Waals surface area (Å²) in [6.45, 7) is 6.93. The number of ketones is 2. The first-order valence-corrected chi connectivity index (χ1v) is 11.4. The number of hydrogen-bond donors (Lipinski definition) is 0. The Kier molecular flexibility index (Phi) is 6.79. The van der Waals surface area contributed by atoms with Crippen LogP contribution < -0.4 is 34.7 Å². The van der Waals surface area contributed by atoms with E-state index in [1.54, 1.807) is 0 Å². The molecule has 4 aliphatic rings. The van der Waals surface area contributed by atoms with Gasteiger partial charge in [-0.25, -0.2) is 0 Å². The van der Waals surface area contributed by atoms with Gasteiger partial charge in [0.25, 0.3) is 0 Å². The fraction of sp³-hybridized carbons (Fsp3) is 0.875. The second kappa shape index (κ2) is 8.39. The van der Waals surface area contributed by atoms with E-state index in [2.05, 4.69) is 20.8 Å². The smallest absolute Gasteiger partial charge is 0.550 e. The molecule has 4 nitrogen and oxygen atoms in total. The predicted octanol–water partition coefficient (Wildman–Crippen LogP) is 0.564. The monoisotopic (exact) mass is 410 g/mol. The van der Waals surface area contributed by atoms with Crippen LogP contribution in [0.15, 0.2) is 0 Å². The van der Waals surface area contributed by atoms with Crippen LogP contribution in [0.25, 0.3) is 0 Å². The van der Waals surface area contributed by atoms with Crippen molar-refractivity contribution in [2.24, 2.45) is 46.3 Å². The van der Waals surface area contributed by atoms with Gasteiger partial charge in [0.05, 0.1) is 0 Å². The molecule has 8 atom stereocenters. The molecular formula is C24H35NaO4. The van der Waals surface area contributed by atoms with Gasteiger partial charge in [-0.15, -0.1) is 0 Å². The Bertz CT molecular complexity index is 690. The van der Waals surface area contributed by atoms with Crippen LogP contribution >= 0.6 is 0 Å². The molecule has 4 aliphatic carbocycles. The van der Waals surface area contributed by atoms with Crippen LogP contribution in [0.1, 0.15) is 85.0 Å². The number of Topliss-reactive ketones (excluding diaryl/α,β-unsaturated/α-hetero) is 2. The second-order valence-corrected chi connectivity index (χ2v) is 11.0. The van der Waals surface area contributed by atoms with E-state index in [1.807, 2.05) is 0 Å². The van der Waals surface area contributed by atoms with E-state index in [1.165, 1.54) is 12.8 Å². The zero-order chi connectivity index (χ0) is 20.3. The molecule has 0 spiro atoms. The number of carbonyl (C=O) groups excluding carboxylic acids is 3. The normalized spacial score (nSPS) is 44.9. The molecule has 0 aromatic rings. The molecule has 3 unspecified atom stereocenters. The third-order valence-electron chi connectivity index (χ3n) is 9.84. The van der Waals surface area contributed by atoms with Crippen LogP contribution in [0, 0.1) is 46.3 Å². The van der Waals surface area contributed by atoms with E-state index < -0.39 is 5.97 Å². The number of fused-ring (bicyclic) bond motifs is 5. The maximum Gasteiger partial charge on any atom is 1.00 e. The van der Waals surface area contributed by atoms with E-state index in [4.69, 9.17) is 0 Å². The van der Waals surface area contributed by atoms with Crippen molar-refractivity contribution >= 4 is 17.5 Å². The molecule has 0 amide bonds. The summed E-state index contributed by atoms with van der Waals surface area (Å²) in [5, 5.41) is 10.9. The minimum absolute atomic E-state index is 0. The van der Waals surface area contributed by atoms with Crippen molar-refractivity contribution in [1.29, 1.82) is 0 Å². The molecule has 0 radical (unpaired) electrons. The van der Waals surface area contributed by atoms with Crippen molar-refractivity contribution in [2.75, 3.05) is 0 Å². The van der Waals surface area contributed by atoms with Crippen LogP contribution in [0.5, 0.6) is 0 Å². The number of aliphatic carboxylic acids is 1. The molecular weight excluding hydrogens is 375 g/mol. The Morgan fingerprint density at radius 2 is 1.76 bits per heavy atom. The second-order valence-electron chi connectivity index (χ2n) is 11.0. The molecule has 29 heavy (non-hydrogen) atoms. The van der Waals surface area contributed by atoms with Crippen LogP contribution in [0.4, 0.5) is 0 Å². The number of carbonyl (C=O) groups is 3. The summed E-state index contributed by atoms with van der Waals surface area (Å²) in [5.41, 5.74) is 0.231. The maximum atomic E-state index is 13.1. The average Bonchev–Trinajstić information content (AvgIpc) is 2.99. The largest absolute Gasteiger partial charge is 1.00 e. The molecule has 0 heterocycles. The fourth-order valence-corrected chi connectivity index (χ4v) is 8.36. The first-order valence-electron chi connectivity index (χ1n) is 11.4. The van der Waals surface area contributed by atoms with Gasteiger partial charge >= 0.3 is 29.6 Å². The minimum Gasteiger partial charge on any atom is -0.550 e. The van der Waals surface area contributed by atoms with Crippen molar-refractivity contribution < 1.29 is 49.0 Å². The standard InChI is InChI=1S/C24H36O4.Na/c1-14(4-7-22(27)28)17-5-6-18-16-13-21(26)20-12-15(25)8-10-24(20,3)19(16)9-11-23(17,18)2;/h14,16-20H,4-13H2,1-3H3,(H,27,28);/q;+1/p-1/t14-,16?,17-,18?,19?,20+,23-,24-;/m1./s1. The molecule has 0 N–H and O–H groups in total. The van der Waals surface area contributed by atoms with Gasteiger partial charge in [-0.05, 0) is 85.4 Å². The molecule has 4 rings (SSSR count).